The average Bonchev–Trinajstić information content (AvgIpc) is 1.99. The molecule has 1 rings (SSSR count). The molecule has 13 heavy (non-hydrogen) atoms. The summed E-state index contributed by atoms with van der Waals surface area (Å²) in [5.74, 6) is -0.886. The van der Waals surface area contributed by atoms with E-state index in [1.807, 2.05) is 0 Å². The van der Waals surface area contributed by atoms with Gasteiger partial charge in [-0.25, -0.2) is 4.39 Å². The first kappa shape index (κ1) is 9.80. The monoisotopic (exact) mass is 202 g/mol. The molecule has 0 bridgehead atoms. The topological polar surface area (TPSA) is 55.1 Å². The first-order chi connectivity index (χ1) is 6.00. The Morgan fingerprint density at radius 2 is 2.23 bits per heavy atom. The summed E-state index contributed by atoms with van der Waals surface area (Å²) in [6.45, 7) is 1.33. The van der Waals surface area contributed by atoms with Gasteiger partial charge in [-0.3, -0.25) is 4.79 Å². The van der Waals surface area contributed by atoms with E-state index in [4.69, 9.17) is 17.3 Å². The Balaban J connectivity index is 3.08. The molecule has 0 aliphatic heterocycles. The summed E-state index contributed by atoms with van der Waals surface area (Å²) in [4.78, 5) is 10.7. The zero-order chi connectivity index (χ0) is 10.0. The Bertz CT molecular complexity index is 354. The SMILES string of the molecule is CC(=O)Nc1cc(Cl)c(F)cc1N. The smallest absolute Gasteiger partial charge is 0.221 e. The van der Waals surface area contributed by atoms with Crippen molar-refractivity contribution in [1.29, 1.82) is 0 Å². The lowest BCUT2D eigenvalue weighted by molar-refractivity contribution is -0.114. The number of hydrogen-bond donors (Lipinski definition) is 2. The summed E-state index contributed by atoms with van der Waals surface area (Å²) >= 11 is 5.49. The van der Waals surface area contributed by atoms with Crippen molar-refractivity contribution in [3.8, 4) is 0 Å². The van der Waals surface area contributed by atoms with Crippen LogP contribution in [0.2, 0.25) is 5.02 Å². The Morgan fingerprint density at radius 1 is 1.62 bits per heavy atom. The van der Waals surface area contributed by atoms with E-state index in [2.05, 4.69) is 5.32 Å². The van der Waals surface area contributed by atoms with Crippen LogP contribution in [0, 0.1) is 5.82 Å². The van der Waals surface area contributed by atoms with Gasteiger partial charge in [0, 0.05) is 13.0 Å². The standard InChI is InChI=1S/C8H8ClFN2O/c1-4(13)12-8-2-5(9)6(10)3-7(8)11/h2-3H,11H2,1H3,(H,12,13). The van der Waals surface area contributed by atoms with Crippen LogP contribution in [-0.4, -0.2) is 5.91 Å². The summed E-state index contributed by atoms with van der Waals surface area (Å²) in [7, 11) is 0. The Kier molecular flexibility index (Phi) is 2.72. The Labute approximate surface area is 79.7 Å². The maximum absolute atomic E-state index is 12.8. The highest BCUT2D eigenvalue weighted by Gasteiger charge is 2.06. The van der Waals surface area contributed by atoms with Crippen molar-refractivity contribution >= 4 is 28.9 Å². The molecule has 1 amide bonds. The van der Waals surface area contributed by atoms with Gasteiger partial charge in [-0.15, -0.1) is 0 Å². The lowest BCUT2D eigenvalue weighted by Crippen LogP contribution is -2.08. The molecule has 0 fully saturated rings. The van der Waals surface area contributed by atoms with Crippen molar-refractivity contribution in [2.24, 2.45) is 0 Å². The summed E-state index contributed by atoms with van der Waals surface area (Å²) in [6, 6.07) is 2.33. The van der Waals surface area contributed by atoms with Crippen molar-refractivity contribution in [3.63, 3.8) is 0 Å². The van der Waals surface area contributed by atoms with Crippen molar-refractivity contribution in [2.45, 2.75) is 6.92 Å². The summed E-state index contributed by atoms with van der Waals surface area (Å²) < 4.78 is 12.8. The number of anilines is 2. The van der Waals surface area contributed by atoms with Gasteiger partial charge in [0.1, 0.15) is 5.82 Å². The van der Waals surface area contributed by atoms with Crippen LogP contribution >= 0.6 is 11.6 Å². The highest BCUT2D eigenvalue weighted by molar-refractivity contribution is 6.31. The van der Waals surface area contributed by atoms with Crippen molar-refractivity contribution in [1.82, 2.24) is 0 Å². The lowest BCUT2D eigenvalue weighted by atomic mass is 10.2. The van der Waals surface area contributed by atoms with E-state index < -0.39 is 5.82 Å². The van der Waals surface area contributed by atoms with Gasteiger partial charge in [-0.05, 0) is 6.07 Å². The van der Waals surface area contributed by atoms with E-state index in [9.17, 15) is 9.18 Å². The van der Waals surface area contributed by atoms with Crippen LogP contribution in [-0.2, 0) is 4.79 Å². The molecule has 0 aliphatic rings. The fourth-order valence-electron chi connectivity index (χ4n) is 0.860. The van der Waals surface area contributed by atoms with Crippen molar-refractivity contribution in [3.05, 3.63) is 23.0 Å². The molecule has 0 saturated heterocycles. The number of hydrogen-bond acceptors (Lipinski definition) is 2. The van der Waals surface area contributed by atoms with E-state index in [0.717, 1.165) is 6.07 Å². The Morgan fingerprint density at radius 3 is 2.77 bits per heavy atom. The fourth-order valence-corrected chi connectivity index (χ4v) is 1.02. The van der Waals surface area contributed by atoms with Crippen molar-refractivity contribution < 1.29 is 9.18 Å². The summed E-state index contributed by atoms with van der Waals surface area (Å²) in [6.07, 6.45) is 0. The second kappa shape index (κ2) is 3.62. The van der Waals surface area contributed by atoms with E-state index >= 15 is 0 Å². The quantitative estimate of drug-likeness (QED) is 0.685. The van der Waals surface area contributed by atoms with Crippen LogP contribution in [0.5, 0.6) is 0 Å². The van der Waals surface area contributed by atoms with Gasteiger partial charge in [-0.1, -0.05) is 11.6 Å². The predicted molar refractivity (Wildman–Crippen MR) is 50.1 cm³/mol. The maximum atomic E-state index is 12.8. The van der Waals surface area contributed by atoms with Crippen LogP contribution in [0.4, 0.5) is 15.8 Å². The summed E-state index contributed by atoms with van der Waals surface area (Å²) in [5.41, 5.74) is 5.89. The molecule has 3 nitrogen and oxygen atoms in total. The number of carbonyl (C=O) groups is 1. The molecular formula is C8H8ClFN2O. The molecule has 1 aromatic carbocycles. The molecule has 1 aromatic rings. The highest BCUT2D eigenvalue weighted by atomic mass is 35.5. The second-order valence-corrected chi connectivity index (χ2v) is 2.94. The third kappa shape index (κ3) is 2.32. The average molecular weight is 203 g/mol. The van der Waals surface area contributed by atoms with Gasteiger partial charge >= 0.3 is 0 Å². The zero-order valence-electron chi connectivity index (χ0n) is 6.90. The van der Waals surface area contributed by atoms with Crippen LogP contribution in [0.3, 0.4) is 0 Å². The van der Waals surface area contributed by atoms with Gasteiger partial charge in [0.05, 0.1) is 16.4 Å². The van der Waals surface area contributed by atoms with Crippen LogP contribution in [0.1, 0.15) is 6.92 Å². The number of rotatable bonds is 1. The molecule has 0 radical (unpaired) electrons. The summed E-state index contributed by atoms with van der Waals surface area (Å²) in [5, 5.41) is 2.35. The predicted octanol–water partition coefficient (Wildman–Crippen LogP) is 2.02. The van der Waals surface area contributed by atoms with E-state index in [0.29, 0.717) is 5.69 Å². The minimum Gasteiger partial charge on any atom is -0.397 e. The van der Waals surface area contributed by atoms with E-state index in [-0.39, 0.29) is 16.6 Å². The molecule has 0 unspecified atom stereocenters. The number of amides is 1. The fraction of sp³-hybridized carbons (Fsp3) is 0.125. The van der Waals surface area contributed by atoms with Crippen LogP contribution < -0.4 is 11.1 Å². The maximum Gasteiger partial charge on any atom is 0.221 e. The molecule has 0 spiro atoms. The number of benzene rings is 1. The Hall–Kier alpha value is -1.29. The number of nitrogen functional groups attached to an aromatic ring is 1. The van der Waals surface area contributed by atoms with Gasteiger partial charge in [-0.2, -0.15) is 0 Å². The van der Waals surface area contributed by atoms with E-state index in [1.54, 1.807) is 0 Å². The number of nitrogens with one attached hydrogen (secondary N) is 1. The molecule has 0 saturated carbocycles. The van der Waals surface area contributed by atoms with Gasteiger partial charge < -0.3 is 11.1 Å². The molecule has 5 heteroatoms. The molecule has 3 N–H and O–H groups in total. The molecule has 0 aliphatic carbocycles. The third-order valence-electron chi connectivity index (χ3n) is 1.40. The number of carbonyl (C=O) groups excluding carboxylic acids is 1. The third-order valence-corrected chi connectivity index (χ3v) is 1.69. The lowest BCUT2D eigenvalue weighted by Gasteiger charge is -2.06. The number of nitrogens with two attached hydrogens (primary N) is 1. The van der Waals surface area contributed by atoms with Crippen LogP contribution in [0.25, 0.3) is 0 Å². The first-order valence-electron chi connectivity index (χ1n) is 3.53. The van der Waals surface area contributed by atoms with Gasteiger partial charge in [0.15, 0.2) is 0 Å². The minimum absolute atomic E-state index is 0.0713. The van der Waals surface area contributed by atoms with Gasteiger partial charge in [0.25, 0.3) is 0 Å². The molecule has 0 atom stereocenters. The molecule has 0 aromatic heterocycles. The highest BCUT2D eigenvalue weighted by Crippen LogP contribution is 2.25. The van der Waals surface area contributed by atoms with Crippen molar-refractivity contribution in [2.75, 3.05) is 11.1 Å². The molecule has 70 valence electrons. The van der Waals surface area contributed by atoms with E-state index in [1.165, 1.54) is 13.0 Å². The van der Waals surface area contributed by atoms with Crippen LogP contribution in [0.15, 0.2) is 12.1 Å². The number of halogens is 2. The largest absolute Gasteiger partial charge is 0.397 e. The zero-order valence-corrected chi connectivity index (χ0v) is 7.65. The first-order valence-corrected chi connectivity index (χ1v) is 3.90. The molecule has 0 heterocycles. The minimum atomic E-state index is -0.603. The van der Waals surface area contributed by atoms with Gasteiger partial charge in [0.2, 0.25) is 5.91 Å². The second-order valence-electron chi connectivity index (χ2n) is 2.53. The normalized spacial score (nSPS) is 9.77. The molecular weight excluding hydrogens is 195 g/mol.